The molecule has 2 aromatic heterocycles. The standard InChI is InChI=1S/C17H15N2.C6H5NO2.Ir/c1-11-12(2)19-17(13(3)18-11)16-10-6-8-14-7-4-5-9-15(14)16;8-6(9)5-3-1-2-4-7-5;/h4-9H,1-3H3;1-4H,(H,8,9);/q-1;;. The van der Waals surface area contributed by atoms with Crippen LogP contribution in [0, 0.1) is 26.8 Å². The van der Waals surface area contributed by atoms with Crippen molar-refractivity contribution in [1.82, 2.24) is 15.0 Å². The van der Waals surface area contributed by atoms with Gasteiger partial charge in [0.1, 0.15) is 5.69 Å². The smallest absolute Gasteiger partial charge is 0.354 e. The molecule has 5 nitrogen and oxygen atoms in total. The average Bonchev–Trinajstić information content (AvgIpc) is 2.71. The fraction of sp³-hybridized carbons (Fsp3) is 0.130. The number of aromatic nitrogens is 3. The summed E-state index contributed by atoms with van der Waals surface area (Å²) in [5.41, 5.74) is 4.96. The van der Waals surface area contributed by atoms with E-state index in [1.165, 1.54) is 23.0 Å². The van der Waals surface area contributed by atoms with Crippen LogP contribution in [-0.2, 0) is 20.1 Å². The van der Waals surface area contributed by atoms with E-state index in [0.717, 1.165) is 28.3 Å². The summed E-state index contributed by atoms with van der Waals surface area (Å²) in [6.07, 6.45) is 1.45. The molecule has 0 saturated carbocycles. The van der Waals surface area contributed by atoms with Crippen LogP contribution in [0.2, 0.25) is 0 Å². The van der Waals surface area contributed by atoms with Gasteiger partial charge >= 0.3 is 5.97 Å². The number of carbonyl (C=O) groups is 1. The van der Waals surface area contributed by atoms with Crippen molar-refractivity contribution in [1.29, 1.82) is 0 Å². The van der Waals surface area contributed by atoms with Crippen LogP contribution in [0.4, 0.5) is 0 Å². The van der Waals surface area contributed by atoms with Crippen LogP contribution >= 0.6 is 0 Å². The molecule has 4 rings (SSSR count). The van der Waals surface area contributed by atoms with Crippen LogP contribution in [0.1, 0.15) is 27.6 Å². The molecule has 0 aliphatic heterocycles. The Bertz CT molecular complexity index is 1130. The van der Waals surface area contributed by atoms with E-state index in [4.69, 9.17) is 10.1 Å². The summed E-state index contributed by atoms with van der Waals surface area (Å²) in [7, 11) is 0. The third-order valence-electron chi connectivity index (χ3n) is 4.32. The number of aryl methyl sites for hydroxylation is 3. The molecule has 0 atom stereocenters. The molecule has 29 heavy (non-hydrogen) atoms. The predicted molar refractivity (Wildman–Crippen MR) is 109 cm³/mol. The van der Waals surface area contributed by atoms with Crippen LogP contribution in [0.15, 0.2) is 60.8 Å². The van der Waals surface area contributed by atoms with Crippen molar-refractivity contribution in [3.05, 3.63) is 89.6 Å². The fourth-order valence-electron chi connectivity index (χ4n) is 2.80. The number of aromatic carboxylic acids is 1. The monoisotopic (exact) mass is 563 g/mol. The van der Waals surface area contributed by atoms with E-state index in [2.05, 4.69) is 34.2 Å². The topological polar surface area (TPSA) is 76.0 Å². The van der Waals surface area contributed by atoms with Crippen LogP contribution in [0.25, 0.3) is 22.0 Å². The Balaban J connectivity index is 0.000000255. The number of hydrogen-bond donors (Lipinski definition) is 1. The van der Waals surface area contributed by atoms with Crippen LogP contribution in [0.5, 0.6) is 0 Å². The zero-order chi connectivity index (χ0) is 20.1. The van der Waals surface area contributed by atoms with Gasteiger partial charge in [0.25, 0.3) is 0 Å². The molecule has 6 heteroatoms. The number of pyridine rings is 1. The van der Waals surface area contributed by atoms with Gasteiger partial charge < -0.3 is 5.11 Å². The maximum Gasteiger partial charge on any atom is 0.354 e. The maximum atomic E-state index is 10.1. The largest absolute Gasteiger partial charge is 0.477 e. The number of benzene rings is 2. The number of hydrogen-bond acceptors (Lipinski definition) is 4. The summed E-state index contributed by atoms with van der Waals surface area (Å²) in [5.74, 6) is -0.990. The van der Waals surface area contributed by atoms with E-state index in [1.54, 1.807) is 12.1 Å². The third kappa shape index (κ3) is 5.31. The summed E-state index contributed by atoms with van der Waals surface area (Å²) in [6.45, 7) is 5.99. The van der Waals surface area contributed by atoms with Crippen molar-refractivity contribution in [3.63, 3.8) is 0 Å². The number of carboxylic acids is 1. The van der Waals surface area contributed by atoms with Crippen molar-refractivity contribution < 1.29 is 30.0 Å². The van der Waals surface area contributed by atoms with Crippen molar-refractivity contribution in [2.75, 3.05) is 0 Å². The van der Waals surface area contributed by atoms with Crippen molar-refractivity contribution in [3.8, 4) is 11.3 Å². The van der Waals surface area contributed by atoms with Gasteiger partial charge in [0.15, 0.2) is 0 Å². The van der Waals surface area contributed by atoms with Gasteiger partial charge in [-0.1, -0.05) is 35.7 Å². The second-order valence-corrected chi connectivity index (χ2v) is 6.29. The van der Waals surface area contributed by atoms with Gasteiger partial charge in [0, 0.05) is 43.4 Å². The van der Waals surface area contributed by atoms with E-state index in [1.807, 2.05) is 39.0 Å². The van der Waals surface area contributed by atoms with E-state index in [9.17, 15) is 4.79 Å². The minimum Gasteiger partial charge on any atom is -0.477 e. The van der Waals surface area contributed by atoms with Crippen molar-refractivity contribution >= 4 is 16.7 Å². The van der Waals surface area contributed by atoms with Gasteiger partial charge in [-0.25, -0.2) is 9.78 Å². The quantitative estimate of drug-likeness (QED) is 0.356. The Hall–Kier alpha value is -2.95. The first-order valence-corrected chi connectivity index (χ1v) is 8.83. The molecule has 0 aliphatic rings. The molecule has 4 aromatic rings. The van der Waals surface area contributed by atoms with Gasteiger partial charge in [-0.15, -0.1) is 29.1 Å². The Labute approximate surface area is 183 Å². The first-order chi connectivity index (χ1) is 13.5. The average molecular weight is 563 g/mol. The summed E-state index contributed by atoms with van der Waals surface area (Å²) in [5, 5.41) is 10.7. The van der Waals surface area contributed by atoms with E-state index in [0.29, 0.717) is 0 Å². The number of fused-ring (bicyclic) bond motifs is 1. The first-order valence-electron chi connectivity index (χ1n) is 8.83. The van der Waals surface area contributed by atoms with Crippen LogP contribution in [-0.4, -0.2) is 26.0 Å². The summed E-state index contributed by atoms with van der Waals surface area (Å²) in [4.78, 5) is 23.0. The minimum absolute atomic E-state index is 0. The first kappa shape index (κ1) is 22.3. The molecule has 1 N–H and O–H groups in total. The second-order valence-electron chi connectivity index (χ2n) is 6.29. The number of nitrogens with zero attached hydrogens (tertiary/aromatic N) is 3. The molecule has 0 bridgehead atoms. The molecule has 2 heterocycles. The predicted octanol–water partition coefficient (Wildman–Crippen LogP) is 4.80. The van der Waals surface area contributed by atoms with Crippen molar-refractivity contribution in [2.45, 2.75) is 20.8 Å². The number of rotatable bonds is 2. The number of carboxylic acid groups (broad SMARTS) is 1. The molecule has 0 spiro atoms. The van der Waals surface area contributed by atoms with Gasteiger partial charge in [-0.05, 0) is 32.9 Å². The van der Waals surface area contributed by atoms with Gasteiger partial charge in [-0.3, -0.25) is 9.97 Å². The zero-order valence-corrected chi connectivity index (χ0v) is 18.7. The minimum atomic E-state index is -0.990. The summed E-state index contributed by atoms with van der Waals surface area (Å²) in [6, 6.07) is 20.4. The Kier molecular flexibility index (Phi) is 7.71. The molecule has 2 aromatic carbocycles. The molecule has 0 amide bonds. The second kappa shape index (κ2) is 10.0. The van der Waals surface area contributed by atoms with E-state index < -0.39 is 5.97 Å². The normalized spacial score (nSPS) is 9.90. The molecule has 0 saturated heterocycles. The Morgan fingerprint density at radius 2 is 1.59 bits per heavy atom. The van der Waals surface area contributed by atoms with Gasteiger partial charge in [0.05, 0.1) is 5.69 Å². The molecular weight excluding hydrogens is 542 g/mol. The zero-order valence-electron chi connectivity index (χ0n) is 16.3. The molecular formula is C23H20IrN3O2-. The van der Waals surface area contributed by atoms with Crippen LogP contribution < -0.4 is 0 Å². The molecule has 1 radical (unpaired) electrons. The van der Waals surface area contributed by atoms with E-state index >= 15 is 0 Å². The Morgan fingerprint density at radius 3 is 2.24 bits per heavy atom. The van der Waals surface area contributed by atoms with Crippen LogP contribution in [0.3, 0.4) is 0 Å². The molecule has 0 fully saturated rings. The SMILES string of the molecule is Cc1nc(C)c(-c2[c-]ccc3ccccc23)nc1C.O=C(O)c1ccccn1.[Ir]. The molecule has 0 unspecified atom stereocenters. The van der Waals surface area contributed by atoms with E-state index in [-0.39, 0.29) is 25.8 Å². The van der Waals surface area contributed by atoms with Gasteiger partial charge in [-0.2, -0.15) is 0 Å². The molecule has 149 valence electrons. The maximum absolute atomic E-state index is 10.1. The van der Waals surface area contributed by atoms with Gasteiger partial charge in [0.2, 0.25) is 0 Å². The van der Waals surface area contributed by atoms with Crippen molar-refractivity contribution in [2.24, 2.45) is 0 Å². The summed E-state index contributed by atoms with van der Waals surface area (Å²) < 4.78 is 0. The Morgan fingerprint density at radius 1 is 0.897 bits per heavy atom. The molecule has 0 aliphatic carbocycles. The fourth-order valence-corrected chi connectivity index (χ4v) is 2.80. The third-order valence-corrected chi connectivity index (χ3v) is 4.32. The summed E-state index contributed by atoms with van der Waals surface area (Å²) >= 11 is 0.